The van der Waals surface area contributed by atoms with E-state index in [1.165, 1.54) is 0 Å². The van der Waals surface area contributed by atoms with Gasteiger partial charge in [0.2, 0.25) is 0 Å². The minimum absolute atomic E-state index is 0.108. The van der Waals surface area contributed by atoms with Crippen molar-refractivity contribution in [3.63, 3.8) is 0 Å². The van der Waals surface area contributed by atoms with E-state index < -0.39 is 10.8 Å². The van der Waals surface area contributed by atoms with Crippen LogP contribution in [0.25, 0.3) is 0 Å². The fraction of sp³-hybridized carbons (Fsp3) is 1.00. The van der Waals surface area contributed by atoms with Gasteiger partial charge in [-0.25, -0.2) is 0 Å². The molecule has 0 aromatic rings. The molecule has 0 aromatic heterocycles. The van der Waals surface area contributed by atoms with Crippen molar-refractivity contribution in [2.24, 2.45) is 0 Å². The van der Waals surface area contributed by atoms with E-state index in [0.717, 1.165) is 19.3 Å². The van der Waals surface area contributed by atoms with Gasteiger partial charge in [-0.05, 0) is 40.7 Å². The summed E-state index contributed by atoms with van der Waals surface area (Å²) >= 11 is 0. The molecule has 0 fully saturated rings. The molecule has 0 aromatic carbocycles. The van der Waals surface area contributed by atoms with Gasteiger partial charge in [0, 0.05) is 21.6 Å². The third-order valence-corrected chi connectivity index (χ3v) is 5.12. The molecule has 1 N–H and O–H groups in total. The maximum atomic E-state index is 12.3. The van der Waals surface area contributed by atoms with Crippen LogP contribution in [0.15, 0.2) is 0 Å². The smallest absolute Gasteiger partial charge is 0.0503 e. The van der Waals surface area contributed by atoms with Crippen molar-refractivity contribution < 1.29 is 4.21 Å². The average Bonchev–Trinajstić information content (AvgIpc) is 2.15. The summed E-state index contributed by atoms with van der Waals surface area (Å²) in [5.41, 5.74) is 0. The molecule has 92 valence electrons. The predicted molar refractivity (Wildman–Crippen MR) is 69.7 cm³/mol. The van der Waals surface area contributed by atoms with Crippen molar-refractivity contribution in [3.8, 4) is 0 Å². The van der Waals surface area contributed by atoms with Gasteiger partial charge < -0.3 is 5.32 Å². The third kappa shape index (κ3) is 4.64. The summed E-state index contributed by atoms with van der Waals surface area (Å²) in [6.45, 7) is 10.5. The lowest BCUT2D eigenvalue weighted by Gasteiger charge is -2.31. The Bertz CT molecular complexity index is 198. The van der Waals surface area contributed by atoms with Gasteiger partial charge in [-0.2, -0.15) is 0 Å². The molecule has 0 aliphatic heterocycles. The first kappa shape index (κ1) is 15.1. The van der Waals surface area contributed by atoms with Crippen LogP contribution in [0.2, 0.25) is 0 Å². The Morgan fingerprint density at radius 2 is 1.80 bits per heavy atom. The highest BCUT2D eigenvalue weighted by Crippen LogP contribution is 2.22. The number of hydrogen-bond donors (Lipinski definition) is 1. The van der Waals surface area contributed by atoms with Crippen molar-refractivity contribution in [2.45, 2.75) is 69.9 Å². The van der Waals surface area contributed by atoms with Crippen LogP contribution >= 0.6 is 0 Å². The quantitative estimate of drug-likeness (QED) is 0.764. The average molecular weight is 233 g/mol. The summed E-state index contributed by atoms with van der Waals surface area (Å²) in [7, 11) is 1.21. The highest BCUT2D eigenvalue weighted by molar-refractivity contribution is 7.87. The van der Waals surface area contributed by atoms with Crippen molar-refractivity contribution in [1.82, 2.24) is 5.32 Å². The molecular weight excluding hydrogens is 206 g/mol. The largest absolute Gasteiger partial charge is 0.316 e. The molecule has 3 heteroatoms. The first-order valence-corrected chi connectivity index (χ1v) is 7.17. The van der Waals surface area contributed by atoms with Crippen molar-refractivity contribution in [3.05, 3.63) is 0 Å². The lowest BCUT2D eigenvalue weighted by atomic mass is 10.1. The molecule has 0 saturated carbocycles. The summed E-state index contributed by atoms with van der Waals surface area (Å²) in [6, 6.07) is 0.389. The van der Waals surface area contributed by atoms with Gasteiger partial charge in [0.25, 0.3) is 0 Å². The van der Waals surface area contributed by atoms with Gasteiger partial charge in [0.15, 0.2) is 0 Å². The van der Waals surface area contributed by atoms with E-state index in [-0.39, 0.29) is 10.00 Å². The maximum absolute atomic E-state index is 12.3. The number of rotatable bonds is 6. The first-order chi connectivity index (χ1) is 6.88. The van der Waals surface area contributed by atoms with Crippen LogP contribution in [0, 0.1) is 0 Å². The third-order valence-electron chi connectivity index (χ3n) is 2.70. The van der Waals surface area contributed by atoms with Crippen LogP contribution in [0.1, 0.15) is 53.9 Å². The normalized spacial score (nSPS) is 18.5. The standard InChI is InChI=1S/C12H27NOS/c1-7-9-10(13-6)11(8-2)15(14)12(3,4)5/h10-11,13H,7-9H2,1-6H3. The van der Waals surface area contributed by atoms with E-state index in [2.05, 4.69) is 39.9 Å². The Labute approximate surface area is 97.7 Å². The van der Waals surface area contributed by atoms with E-state index in [1.807, 2.05) is 7.05 Å². The molecule has 0 amide bonds. The van der Waals surface area contributed by atoms with Gasteiger partial charge in [-0.3, -0.25) is 4.21 Å². The predicted octanol–water partition coefficient (Wildman–Crippen LogP) is 2.70. The summed E-state index contributed by atoms with van der Waals surface area (Å²) < 4.78 is 12.2. The van der Waals surface area contributed by atoms with E-state index in [1.54, 1.807) is 0 Å². The van der Waals surface area contributed by atoms with Crippen molar-refractivity contribution in [2.75, 3.05) is 7.05 Å². The summed E-state index contributed by atoms with van der Waals surface area (Å²) in [5.74, 6) is 0. The maximum Gasteiger partial charge on any atom is 0.0503 e. The van der Waals surface area contributed by atoms with Crippen molar-refractivity contribution in [1.29, 1.82) is 0 Å². The van der Waals surface area contributed by atoms with Crippen LogP contribution in [0.3, 0.4) is 0 Å². The van der Waals surface area contributed by atoms with Crippen molar-refractivity contribution >= 4 is 10.8 Å². The molecule has 15 heavy (non-hydrogen) atoms. The van der Waals surface area contributed by atoms with E-state index >= 15 is 0 Å². The van der Waals surface area contributed by atoms with Gasteiger partial charge in [0.05, 0.1) is 5.25 Å². The number of hydrogen-bond acceptors (Lipinski definition) is 2. The topological polar surface area (TPSA) is 29.1 Å². The molecule has 0 heterocycles. The lowest BCUT2D eigenvalue weighted by molar-refractivity contribution is 0.475. The van der Waals surface area contributed by atoms with Gasteiger partial charge in [-0.15, -0.1) is 0 Å². The molecular formula is C12H27NOS. The second-order valence-electron chi connectivity index (χ2n) is 5.04. The van der Waals surface area contributed by atoms with Crippen LogP contribution in [-0.4, -0.2) is 27.3 Å². The zero-order valence-corrected chi connectivity index (χ0v) is 11.9. The van der Waals surface area contributed by atoms with Gasteiger partial charge in [-0.1, -0.05) is 20.3 Å². The summed E-state index contributed by atoms with van der Waals surface area (Å²) in [4.78, 5) is 0. The number of nitrogens with one attached hydrogen (secondary N) is 1. The fourth-order valence-corrected chi connectivity index (χ4v) is 3.65. The Balaban J connectivity index is 4.65. The molecule has 0 bridgehead atoms. The summed E-state index contributed by atoms with van der Waals surface area (Å²) in [6.07, 6.45) is 3.23. The summed E-state index contributed by atoms with van der Waals surface area (Å²) in [5, 5.41) is 3.59. The molecule has 0 aliphatic rings. The molecule has 0 aliphatic carbocycles. The second kappa shape index (κ2) is 6.64. The molecule has 0 spiro atoms. The minimum Gasteiger partial charge on any atom is -0.316 e. The SMILES string of the molecule is CCCC(NC)C(CC)S(=O)C(C)(C)C. The zero-order valence-electron chi connectivity index (χ0n) is 11.1. The monoisotopic (exact) mass is 233 g/mol. The van der Waals surface area contributed by atoms with E-state index in [9.17, 15) is 4.21 Å². The minimum atomic E-state index is -0.769. The molecule has 3 unspecified atom stereocenters. The van der Waals surface area contributed by atoms with Crippen LogP contribution < -0.4 is 5.32 Å². The molecule has 3 atom stereocenters. The van der Waals surface area contributed by atoms with Gasteiger partial charge >= 0.3 is 0 Å². The lowest BCUT2D eigenvalue weighted by Crippen LogP contribution is -2.44. The molecule has 2 nitrogen and oxygen atoms in total. The first-order valence-electron chi connectivity index (χ1n) is 5.96. The van der Waals surface area contributed by atoms with E-state index in [0.29, 0.717) is 6.04 Å². The second-order valence-corrected chi connectivity index (χ2v) is 7.47. The van der Waals surface area contributed by atoms with Crippen LogP contribution in [0.5, 0.6) is 0 Å². The van der Waals surface area contributed by atoms with Crippen LogP contribution in [-0.2, 0) is 10.8 Å². The molecule has 0 rings (SSSR count). The Morgan fingerprint density at radius 3 is 2.07 bits per heavy atom. The molecule has 0 radical (unpaired) electrons. The molecule has 0 saturated heterocycles. The Hall–Kier alpha value is 0.110. The van der Waals surface area contributed by atoms with Gasteiger partial charge in [0.1, 0.15) is 0 Å². The zero-order chi connectivity index (χ0) is 12.1. The highest BCUT2D eigenvalue weighted by atomic mass is 32.2. The Morgan fingerprint density at radius 1 is 1.27 bits per heavy atom. The fourth-order valence-electron chi connectivity index (χ4n) is 1.87. The Kier molecular flexibility index (Phi) is 6.69. The van der Waals surface area contributed by atoms with Crippen LogP contribution in [0.4, 0.5) is 0 Å². The van der Waals surface area contributed by atoms with E-state index in [4.69, 9.17) is 0 Å². The highest BCUT2D eigenvalue weighted by Gasteiger charge is 2.31.